The van der Waals surface area contributed by atoms with E-state index < -0.39 is 0 Å². The Morgan fingerprint density at radius 1 is 0.674 bits per heavy atom. The van der Waals surface area contributed by atoms with E-state index in [-0.39, 0.29) is 0 Å². The highest BCUT2D eigenvalue weighted by Crippen LogP contribution is 2.45. The van der Waals surface area contributed by atoms with Gasteiger partial charge in [-0.05, 0) is 86.7 Å². The molecule has 43 heavy (non-hydrogen) atoms. The molecule has 7 aromatic rings. The summed E-state index contributed by atoms with van der Waals surface area (Å²) in [6.07, 6.45) is 2.01. The molecule has 0 saturated carbocycles. The monoisotopic (exact) mass is 566 g/mol. The normalized spacial score (nSPS) is 12.8. The van der Waals surface area contributed by atoms with Crippen LogP contribution in [0.3, 0.4) is 0 Å². The zero-order valence-electron chi connectivity index (χ0n) is 27.4. The van der Waals surface area contributed by atoms with Crippen LogP contribution in [0.4, 0.5) is 0 Å². The molecular weight excluding hydrogens is 522 g/mol. The van der Waals surface area contributed by atoms with Crippen LogP contribution in [-0.2, 0) is 7.05 Å². The lowest BCUT2D eigenvalue weighted by atomic mass is 9.81. The number of aromatic nitrogens is 3. The van der Waals surface area contributed by atoms with Crippen molar-refractivity contribution in [3.8, 4) is 11.1 Å². The molecule has 7 rings (SSSR count). The molecule has 4 aromatic carbocycles. The van der Waals surface area contributed by atoms with Gasteiger partial charge in [-0.25, -0.2) is 4.57 Å². The minimum Gasteiger partial charge on any atom is -0.307 e. The molecule has 218 valence electrons. The number of fused-ring (bicyclic) bond motifs is 5. The molecule has 0 aliphatic heterocycles. The summed E-state index contributed by atoms with van der Waals surface area (Å²) in [6.45, 7) is 20.9. The van der Waals surface area contributed by atoms with Crippen LogP contribution in [0.25, 0.3) is 60.3 Å². The van der Waals surface area contributed by atoms with E-state index in [4.69, 9.17) is 4.98 Å². The molecule has 0 N–H and O–H groups in total. The second-order valence-electron chi connectivity index (χ2n) is 14.0. The predicted octanol–water partition coefficient (Wildman–Crippen LogP) is 10.7. The van der Waals surface area contributed by atoms with Gasteiger partial charge in [-0.15, -0.1) is 0 Å². The van der Waals surface area contributed by atoms with E-state index in [1.807, 2.05) is 6.33 Å². The fraction of sp³-hybridized carbons (Fsp3) is 0.350. The maximum Gasteiger partial charge on any atom is 0.287 e. The number of hydrogen-bond donors (Lipinski definition) is 0. The molecule has 0 bridgehead atoms. The summed E-state index contributed by atoms with van der Waals surface area (Å²) < 4.78 is 4.82. The van der Waals surface area contributed by atoms with Crippen molar-refractivity contribution >= 4 is 49.1 Å². The molecule has 0 spiro atoms. The van der Waals surface area contributed by atoms with E-state index in [2.05, 4.69) is 133 Å². The summed E-state index contributed by atoms with van der Waals surface area (Å²) in [5, 5.41) is 5.22. The minimum atomic E-state index is 0.405. The lowest BCUT2D eigenvalue weighted by Gasteiger charge is -2.24. The van der Waals surface area contributed by atoms with Gasteiger partial charge in [0.05, 0.1) is 29.0 Å². The van der Waals surface area contributed by atoms with Gasteiger partial charge in [-0.1, -0.05) is 97.9 Å². The van der Waals surface area contributed by atoms with Crippen LogP contribution in [0.2, 0.25) is 0 Å². The van der Waals surface area contributed by atoms with Crippen molar-refractivity contribution in [1.29, 1.82) is 0 Å². The molecule has 0 atom stereocenters. The Labute approximate surface area is 255 Å². The first-order valence-electron chi connectivity index (χ1n) is 16.1. The molecule has 0 unspecified atom stereocenters. The van der Waals surface area contributed by atoms with Gasteiger partial charge in [-0.3, -0.25) is 0 Å². The van der Waals surface area contributed by atoms with E-state index in [0.717, 1.165) is 5.52 Å². The second-order valence-corrected chi connectivity index (χ2v) is 14.0. The Balaban J connectivity index is 1.77. The number of para-hydroxylation sites is 1. The van der Waals surface area contributed by atoms with Crippen LogP contribution in [0.15, 0.2) is 60.9 Å². The lowest BCUT2D eigenvalue weighted by molar-refractivity contribution is -0.646. The summed E-state index contributed by atoms with van der Waals surface area (Å²) in [4.78, 5) is 5.10. The highest BCUT2D eigenvalue weighted by molar-refractivity contribution is 6.26. The van der Waals surface area contributed by atoms with Crippen molar-refractivity contribution in [1.82, 2.24) is 9.38 Å². The van der Waals surface area contributed by atoms with E-state index in [1.54, 1.807) is 0 Å². The molecule has 0 aliphatic carbocycles. The van der Waals surface area contributed by atoms with Crippen LogP contribution in [0.1, 0.15) is 107 Å². The first kappa shape index (κ1) is 27.8. The molecule has 3 aromatic heterocycles. The van der Waals surface area contributed by atoms with Crippen LogP contribution < -0.4 is 4.57 Å². The Morgan fingerprint density at radius 3 is 1.95 bits per heavy atom. The summed E-state index contributed by atoms with van der Waals surface area (Å²) in [5.41, 5.74) is 15.8. The number of aryl methyl sites for hydroxylation is 2. The number of hydrogen-bond acceptors (Lipinski definition) is 1. The fourth-order valence-corrected chi connectivity index (χ4v) is 7.54. The van der Waals surface area contributed by atoms with Crippen molar-refractivity contribution in [2.75, 3.05) is 0 Å². The van der Waals surface area contributed by atoms with Gasteiger partial charge in [0.1, 0.15) is 5.52 Å². The summed E-state index contributed by atoms with van der Waals surface area (Å²) >= 11 is 0. The zero-order chi connectivity index (χ0) is 30.5. The smallest absolute Gasteiger partial charge is 0.287 e. The van der Waals surface area contributed by atoms with Crippen LogP contribution in [0, 0.1) is 6.92 Å². The number of benzene rings is 4. The summed E-state index contributed by atoms with van der Waals surface area (Å²) in [6, 6.07) is 21.3. The molecule has 0 fully saturated rings. The lowest BCUT2D eigenvalue weighted by Crippen LogP contribution is -2.30. The third kappa shape index (κ3) is 3.93. The molecule has 3 heterocycles. The number of nitrogens with zero attached hydrogens (tertiary/aromatic N) is 3. The molecule has 0 saturated heterocycles. The Morgan fingerprint density at radius 2 is 1.33 bits per heavy atom. The van der Waals surface area contributed by atoms with Crippen LogP contribution in [0.5, 0.6) is 0 Å². The zero-order valence-corrected chi connectivity index (χ0v) is 27.4. The van der Waals surface area contributed by atoms with Crippen molar-refractivity contribution in [3.05, 3.63) is 88.7 Å². The third-order valence-electron chi connectivity index (χ3n) is 9.77. The summed E-state index contributed by atoms with van der Waals surface area (Å²) in [7, 11) is 2.15. The van der Waals surface area contributed by atoms with E-state index in [0.29, 0.717) is 23.7 Å². The molecule has 3 heteroatoms. The number of rotatable bonds is 5. The Bertz CT molecular complexity index is 2180. The highest BCUT2D eigenvalue weighted by Gasteiger charge is 2.27. The number of pyridine rings is 1. The van der Waals surface area contributed by atoms with Crippen LogP contribution in [-0.4, -0.2) is 9.38 Å². The van der Waals surface area contributed by atoms with Gasteiger partial charge in [0.15, 0.2) is 5.52 Å². The maximum absolute atomic E-state index is 5.10. The minimum absolute atomic E-state index is 0.405. The van der Waals surface area contributed by atoms with E-state index in [1.165, 1.54) is 82.6 Å². The Hall–Kier alpha value is -3.98. The van der Waals surface area contributed by atoms with Crippen molar-refractivity contribution in [2.24, 2.45) is 7.05 Å². The van der Waals surface area contributed by atoms with Crippen LogP contribution >= 0.6 is 0 Å². The van der Waals surface area contributed by atoms with E-state index >= 15 is 0 Å². The first-order valence-corrected chi connectivity index (χ1v) is 16.1. The molecule has 0 amide bonds. The average Bonchev–Trinajstić information content (AvgIpc) is 3.31. The first-order chi connectivity index (χ1) is 20.5. The predicted molar refractivity (Wildman–Crippen MR) is 184 cm³/mol. The third-order valence-corrected chi connectivity index (χ3v) is 9.77. The Kier molecular flexibility index (Phi) is 6.32. The van der Waals surface area contributed by atoms with Crippen molar-refractivity contribution in [2.45, 2.75) is 86.0 Å². The SMILES string of the molecule is Cc1ccc2c3cccc(C(C)C)c3n3c4cc(-c5c(C(C)C)cc(C(C)C)cc5C(C)C)cc5nc[n+](C)c(c1c23)c54. The standard InChI is InChI=1S/C40H44N3/c1-21(2)26-16-31(23(5)6)36(32(17-26)24(7)8)27-18-33-37-34(19-27)43-38-28(22(3)4)12-11-13-29(38)30-15-14-25(9)35(39(30)43)40(37)42(10)20-41-33/h11-24H,1-10H3/q+1. The van der Waals surface area contributed by atoms with Gasteiger partial charge >= 0.3 is 0 Å². The summed E-state index contributed by atoms with van der Waals surface area (Å²) in [5.74, 6) is 1.71. The van der Waals surface area contributed by atoms with Gasteiger partial charge in [-0.2, -0.15) is 0 Å². The highest BCUT2D eigenvalue weighted by atomic mass is 15.0. The topological polar surface area (TPSA) is 21.2 Å². The second kappa shape index (κ2) is 9.77. The van der Waals surface area contributed by atoms with Gasteiger partial charge in [0.2, 0.25) is 0 Å². The fourth-order valence-electron chi connectivity index (χ4n) is 7.54. The average molecular weight is 567 g/mol. The molecule has 0 radical (unpaired) electrons. The van der Waals surface area contributed by atoms with E-state index in [9.17, 15) is 0 Å². The molecular formula is C40H44N3+. The van der Waals surface area contributed by atoms with Gasteiger partial charge in [0, 0.05) is 16.2 Å². The van der Waals surface area contributed by atoms with Crippen molar-refractivity contribution < 1.29 is 4.57 Å². The molecule has 3 nitrogen and oxygen atoms in total. The molecule has 0 aliphatic rings. The quantitative estimate of drug-likeness (QED) is 0.115. The largest absolute Gasteiger partial charge is 0.307 e. The van der Waals surface area contributed by atoms with Gasteiger partial charge < -0.3 is 4.40 Å². The van der Waals surface area contributed by atoms with Crippen molar-refractivity contribution in [3.63, 3.8) is 0 Å². The van der Waals surface area contributed by atoms with Gasteiger partial charge in [0.25, 0.3) is 6.33 Å². The maximum atomic E-state index is 5.10.